The molecule has 23 heavy (non-hydrogen) atoms. The van der Waals surface area contributed by atoms with Gasteiger partial charge < -0.3 is 16.0 Å². The maximum atomic E-state index is 12.4. The molecule has 0 radical (unpaired) electrons. The standard InChI is InChI=1S/C17H27N3O.2ClH/c1-20(2)15-9-5-4-8-14(15)19-16(21)12-17(13-18)10-6-3-7-11-17;;/h4-5,8-9H,3,6-7,10-13,18H2,1-2H3,(H,19,21);2*1H. The van der Waals surface area contributed by atoms with Crippen LogP contribution in [0, 0.1) is 5.41 Å². The molecule has 0 saturated heterocycles. The molecule has 1 fully saturated rings. The number of halogens is 2. The summed E-state index contributed by atoms with van der Waals surface area (Å²) in [4.78, 5) is 14.4. The first-order valence-corrected chi connectivity index (χ1v) is 7.83. The quantitative estimate of drug-likeness (QED) is 0.837. The number of hydrogen-bond donors (Lipinski definition) is 2. The number of nitrogens with two attached hydrogens (primary N) is 1. The van der Waals surface area contributed by atoms with E-state index < -0.39 is 0 Å². The summed E-state index contributed by atoms with van der Waals surface area (Å²) in [5, 5.41) is 3.06. The molecule has 0 aromatic heterocycles. The molecule has 3 N–H and O–H groups in total. The minimum atomic E-state index is 0. The van der Waals surface area contributed by atoms with Crippen molar-refractivity contribution in [1.82, 2.24) is 0 Å². The molecule has 0 heterocycles. The zero-order valence-electron chi connectivity index (χ0n) is 14.0. The van der Waals surface area contributed by atoms with Gasteiger partial charge in [-0.05, 0) is 36.9 Å². The van der Waals surface area contributed by atoms with Crippen LogP contribution >= 0.6 is 24.8 Å². The van der Waals surface area contributed by atoms with Crippen LogP contribution in [0.5, 0.6) is 0 Å². The number of anilines is 2. The van der Waals surface area contributed by atoms with Gasteiger partial charge in [-0.15, -0.1) is 24.8 Å². The summed E-state index contributed by atoms with van der Waals surface area (Å²) in [5.74, 6) is 0.0802. The minimum absolute atomic E-state index is 0. The van der Waals surface area contributed by atoms with E-state index in [-0.39, 0.29) is 36.1 Å². The van der Waals surface area contributed by atoms with E-state index in [2.05, 4.69) is 5.32 Å². The number of benzene rings is 1. The summed E-state index contributed by atoms with van der Waals surface area (Å²) in [7, 11) is 3.96. The van der Waals surface area contributed by atoms with Crippen molar-refractivity contribution in [2.24, 2.45) is 11.1 Å². The summed E-state index contributed by atoms with van der Waals surface area (Å²) in [6, 6.07) is 7.88. The van der Waals surface area contributed by atoms with Crippen LogP contribution in [0.25, 0.3) is 0 Å². The fourth-order valence-electron chi connectivity index (χ4n) is 3.26. The Morgan fingerprint density at radius 3 is 2.35 bits per heavy atom. The summed E-state index contributed by atoms with van der Waals surface area (Å²) in [6.07, 6.45) is 6.34. The molecule has 0 unspecified atom stereocenters. The van der Waals surface area contributed by atoms with Crippen LogP contribution in [-0.2, 0) is 4.79 Å². The van der Waals surface area contributed by atoms with Crippen molar-refractivity contribution in [3.8, 4) is 0 Å². The number of nitrogens with zero attached hydrogens (tertiary/aromatic N) is 1. The second-order valence-corrected chi connectivity index (χ2v) is 6.40. The average molecular weight is 362 g/mol. The number of nitrogens with one attached hydrogen (secondary N) is 1. The molecule has 2 rings (SSSR count). The Balaban J connectivity index is 0.00000242. The first-order chi connectivity index (χ1) is 10.1. The van der Waals surface area contributed by atoms with Crippen LogP contribution in [0.2, 0.25) is 0 Å². The van der Waals surface area contributed by atoms with Crippen molar-refractivity contribution < 1.29 is 4.79 Å². The second kappa shape index (κ2) is 10.0. The highest BCUT2D eigenvalue weighted by Crippen LogP contribution is 2.38. The molecular weight excluding hydrogens is 333 g/mol. The summed E-state index contributed by atoms with van der Waals surface area (Å²) >= 11 is 0. The Kier molecular flexibility index (Phi) is 9.59. The van der Waals surface area contributed by atoms with Crippen LogP contribution in [0.1, 0.15) is 38.5 Å². The summed E-state index contributed by atoms with van der Waals surface area (Å²) in [6.45, 7) is 0.607. The van der Waals surface area contributed by atoms with E-state index in [4.69, 9.17) is 5.73 Å². The van der Waals surface area contributed by atoms with Crippen LogP contribution in [0.3, 0.4) is 0 Å². The van der Waals surface area contributed by atoms with Gasteiger partial charge in [0.05, 0.1) is 11.4 Å². The molecule has 6 heteroatoms. The largest absolute Gasteiger partial charge is 0.376 e. The topological polar surface area (TPSA) is 58.4 Å². The van der Waals surface area contributed by atoms with E-state index in [1.54, 1.807) is 0 Å². The van der Waals surface area contributed by atoms with Crippen molar-refractivity contribution in [3.05, 3.63) is 24.3 Å². The minimum Gasteiger partial charge on any atom is -0.376 e. The SMILES string of the molecule is CN(C)c1ccccc1NC(=O)CC1(CN)CCCCC1.Cl.Cl. The van der Waals surface area contributed by atoms with Gasteiger partial charge in [-0.25, -0.2) is 0 Å². The highest BCUT2D eigenvalue weighted by atomic mass is 35.5. The molecular formula is C17H29Cl2N3O. The number of rotatable bonds is 5. The van der Waals surface area contributed by atoms with Crippen LogP contribution < -0.4 is 16.0 Å². The van der Waals surface area contributed by atoms with Crippen molar-refractivity contribution in [3.63, 3.8) is 0 Å². The monoisotopic (exact) mass is 361 g/mol. The fourth-order valence-corrected chi connectivity index (χ4v) is 3.26. The predicted molar refractivity (Wildman–Crippen MR) is 103 cm³/mol. The lowest BCUT2D eigenvalue weighted by Gasteiger charge is -2.35. The Hall–Kier alpha value is -0.970. The first kappa shape index (κ1) is 22.0. The Labute approximate surface area is 152 Å². The van der Waals surface area contributed by atoms with Crippen LogP contribution in [0.15, 0.2) is 24.3 Å². The first-order valence-electron chi connectivity index (χ1n) is 7.83. The van der Waals surface area contributed by atoms with Gasteiger partial charge in [-0.2, -0.15) is 0 Å². The highest BCUT2D eigenvalue weighted by molar-refractivity contribution is 5.94. The maximum absolute atomic E-state index is 12.4. The van der Waals surface area contributed by atoms with Crippen LogP contribution in [0.4, 0.5) is 11.4 Å². The third-order valence-electron chi connectivity index (χ3n) is 4.54. The van der Waals surface area contributed by atoms with Crippen molar-refractivity contribution in [2.45, 2.75) is 38.5 Å². The van der Waals surface area contributed by atoms with Gasteiger partial charge in [0, 0.05) is 20.5 Å². The van der Waals surface area contributed by atoms with Gasteiger partial charge >= 0.3 is 0 Å². The number of para-hydroxylation sites is 2. The molecule has 1 aliphatic carbocycles. The van der Waals surface area contributed by atoms with Gasteiger partial charge in [0.15, 0.2) is 0 Å². The zero-order valence-corrected chi connectivity index (χ0v) is 15.6. The van der Waals surface area contributed by atoms with E-state index in [1.165, 1.54) is 19.3 Å². The molecule has 1 saturated carbocycles. The molecule has 1 amide bonds. The zero-order chi connectivity index (χ0) is 15.3. The van der Waals surface area contributed by atoms with Crippen LogP contribution in [-0.4, -0.2) is 26.5 Å². The number of carbonyl (C=O) groups is 1. The fraction of sp³-hybridized carbons (Fsp3) is 0.588. The molecule has 1 aromatic carbocycles. The maximum Gasteiger partial charge on any atom is 0.225 e. The van der Waals surface area contributed by atoms with Gasteiger partial charge in [0.25, 0.3) is 0 Å². The highest BCUT2D eigenvalue weighted by Gasteiger charge is 2.33. The molecule has 132 valence electrons. The molecule has 0 spiro atoms. The molecule has 1 aliphatic rings. The normalized spacial score (nSPS) is 15.8. The Morgan fingerprint density at radius 2 is 1.78 bits per heavy atom. The van der Waals surface area contributed by atoms with Crippen molar-refractivity contribution in [2.75, 3.05) is 30.9 Å². The van der Waals surface area contributed by atoms with Gasteiger partial charge in [0.1, 0.15) is 0 Å². The lowest BCUT2D eigenvalue weighted by molar-refractivity contribution is -0.118. The van der Waals surface area contributed by atoms with E-state index in [0.717, 1.165) is 24.2 Å². The van der Waals surface area contributed by atoms with E-state index in [1.807, 2.05) is 43.3 Å². The van der Waals surface area contributed by atoms with E-state index in [0.29, 0.717) is 13.0 Å². The molecule has 4 nitrogen and oxygen atoms in total. The van der Waals surface area contributed by atoms with Gasteiger partial charge in [-0.1, -0.05) is 31.4 Å². The van der Waals surface area contributed by atoms with E-state index in [9.17, 15) is 4.79 Å². The molecule has 0 aliphatic heterocycles. The second-order valence-electron chi connectivity index (χ2n) is 6.40. The number of carbonyl (C=O) groups excluding carboxylic acids is 1. The summed E-state index contributed by atoms with van der Waals surface area (Å²) < 4.78 is 0. The average Bonchev–Trinajstić information content (AvgIpc) is 2.48. The molecule has 0 bridgehead atoms. The Bertz CT molecular complexity index is 488. The molecule has 0 atom stereocenters. The predicted octanol–water partition coefficient (Wildman–Crippen LogP) is 3.83. The lowest BCUT2D eigenvalue weighted by atomic mass is 9.71. The van der Waals surface area contributed by atoms with Crippen molar-refractivity contribution >= 4 is 42.1 Å². The Morgan fingerprint density at radius 1 is 1.17 bits per heavy atom. The number of hydrogen-bond acceptors (Lipinski definition) is 3. The number of amides is 1. The third-order valence-corrected chi connectivity index (χ3v) is 4.54. The van der Waals surface area contributed by atoms with E-state index >= 15 is 0 Å². The van der Waals surface area contributed by atoms with Crippen molar-refractivity contribution in [1.29, 1.82) is 0 Å². The van der Waals surface area contributed by atoms with Gasteiger partial charge in [-0.3, -0.25) is 4.79 Å². The molecule has 1 aromatic rings. The summed E-state index contributed by atoms with van der Waals surface area (Å²) in [5.41, 5.74) is 7.87. The third kappa shape index (κ3) is 5.87. The lowest BCUT2D eigenvalue weighted by Crippen LogP contribution is -2.36. The van der Waals surface area contributed by atoms with Gasteiger partial charge in [0.2, 0.25) is 5.91 Å². The smallest absolute Gasteiger partial charge is 0.225 e.